The molecule has 1 heterocycles. The molecule has 0 aromatic heterocycles. The molecule has 0 aliphatic carbocycles. The molecule has 0 saturated carbocycles. The fraction of sp³-hybridized carbons (Fsp3) is 0.364. The summed E-state index contributed by atoms with van der Waals surface area (Å²) in [4.78, 5) is 25.6. The van der Waals surface area contributed by atoms with Gasteiger partial charge in [0.05, 0.1) is 13.2 Å². The number of amides is 2. The fourth-order valence-electron chi connectivity index (χ4n) is 3.02. The van der Waals surface area contributed by atoms with Crippen LogP contribution in [0, 0.1) is 0 Å². The van der Waals surface area contributed by atoms with Gasteiger partial charge in [-0.2, -0.15) is 0 Å². The smallest absolute Gasteiger partial charge is 0.258 e. The summed E-state index contributed by atoms with van der Waals surface area (Å²) in [6.45, 7) is 3.90. The zero-order valence-corrected chi connectivity index (χ0v) is 16.6. The van der Waals surface area contributed by atoms with E-state index >= 15 is 0 Å². The number of nitrogens with zero attached hydrogens (tertiary/aromatic N) is 1. The molecule has 1 fully saturated rings. The Bertz CT molecular complexity index is 822. The third-order valence-corrected chi connectivity index (χ3v) is 4.40. The Morgan fingerprint density at radius 2 is 1.79 bits per heavy atom. The molecular weight excluding hydrogens is 372 g/mol. The molecule has 7 nitrogen and oxygen atoms in total. The first-order valence-corrected chi connectivity index (χ1v) is 9.81. The van der Waals surface area contributed by atoms with Crippen molar-refractivity contribution in [3.63, 3.8) is 0 Å². The molecule has 0 atom stereocenters. The molecule has 1 N–H and O–H groups in total. The third kappa shape index (κ3) is 6.14. The van der Waals surface area contributed by atoms with Crippen molar-refractivity contribution < 1.29 is 23.8 Å². The van der Waals surface area contributed by atoms with E-state index in [0.717, 1.165) is 24.4 Å². The molecule has 1 aliphatic rings. The lowest BCUT2D eigenvalue weighted by molar-refractivity contribution is -0.123. The number of benzene rings is 2. The first-order valence-electron chi connectivity index (χ1n) is 9.81. The van der Waals surface area contributed by atoms with E-state index in [-0.39, 0.29) is 18.4 Å². The van der Waals surface area contributed by atoms with E-state index in [9.17, 15) is 9.59 Å². The average Bonchev–Trinajstić information content (AvgIpc) is 3.17. The second kappa shape index (κ2) is 10.4. The maximum atomic E-state index is 12.0. The molecule has 29 heavy (non-hydrogen) atoms. The Labute approximate surface area is 170 Å². The predicted molar refractivity (Wildman–Crippen MR) is 110 cm³/mol. The number of carbonyl (C=O) groups excluding carboxylic acids is 2. The average molecular weight is 398 g/mol. The van der Waals surface area contributed by atoms with Crippen molar-refractivity contribution in [3.8, 4) is 17.2 Å². The lowest BCUT2D eigenvalue weighted by atomic mass is 10.3. The minimum Gasteiger partial charge on any atom is -0.494 e. The predicted octanol–water partition coefficient (Wildman–Crippen LogP) is 2.79. The van der Waals surface area contributed by atoms with Crippen LogP contribution in [-0.2, 0) is 9.59 Å². The van der Waals surface area contributed by atoms with Crippen LogP contribution >= 0.6 is 0 Å². The number of hydrogen-bond acceptors (Lipinski definition) is 5. The molecule has 1 aliphatic heterocycles. The molecule has 2 aromatic rings. The van der Waals surface area contributed by atoms with E-state index in [0.29, 0.717) is 37.7 Å². The SMILES string of the molecule is CCOc1ccc(OCCNC(=O)COc2cccc(N3CCCC3=O)c2)cc1. The summed E-state index contributed by atoms with van der Waals surface area (Å²) in [5.74, 6) is 1.95. The molecule has 3 rings (SSSR count). The maximum Gasteiger partial charge on any atom is 0.258 e. The number of hydrogen-bond donors (Lipinski definition) is 1. The summed E-state index contributed by atoms with van der Waals surface area (Å²) in [6.07, 6.45) is 1.44. The molecular formula is C22H26N2O5. The summed E-state index contributed by atoms with van der Waals surface area (Å²) in [7, 11) is 0. The van der Waals surface area contributed by atoms with Gasteiger partial charge in [-0.05, 0) is 49.7 Å². The summed E-state index contributed by atoms with van der Waals surface area (Å²) in [5, 5.41) is 2.75. The lowest BCUT2D eigenvalue weighted by Gasteiger charge is -2.16. The second-order valence-electron chi connectivity index (χ2n) is 6.54. The number of ether oxygens (including phenoxy) is 3. The summed E-state index contributed by atoms with van der Waals surface area (Å²) < 4.78 is 16.5. The van der Waals surface area contributed by atoms with Gasteiger partial charge in [0.2, 0.25) is 5.91 Å². The summed E-state index contributed by atoms with van der Waals surface area (Å²) >= 11 is 0. The Morgan fingerprint density at radius 1 is 1.03 bits per heavy atom. The lowest BCUT2D eigenvalue weighted by Crippen LogP contribution is -2.32. The molecule has 7 heteroatoms. The van der Waals surface area contributed by atoms with Crippen LogP contribution in [0.25, 0.3) is 0 Å². The normalized spacial score (nSPS) is 13.3. The largest absolute Gasteiger partial charge is 0.494 e. The maximum absolute atomic E-state index is 12.0. The van der Waals surface area contributed by atoms with Crippen molar-refractivity contribution in [1.29, 1.82) is 0 Å². The molecule has 1 saturated heterocycles. The molecule has 0 spiro atoms. The van der Waals surface area contributed by atoms with Crippen LogP contribution in [0.2, 0.25) is 0 Å². The zero-order valence-electron chi connectivity index (χ0n) is 16.6. The van der Waals surface area contributed by atoms with Crippen molar-refractivity contribution in [2.75, 3.05) is 37.8 Å². The van der Waals surface area contributed by atoms with E-state index in [1.165, 1.54) is 0 Å². The van der Waals surface area contributed by atoms with Crippen LogP contribution in [0.15, 0.2) is 48.5 Å². The van der Waals surface area contributed by atoms with E-state index in [2.05, 4.69) is 5.32 Å². The first-order chi connectivity index (χ1) is 14.2. The standard InChI is InChI=1S/C22H26N2O5/c1-2-27-18-8-10-19(11-9-18)28-14-12-23-21(25)16-29-20-6-3-5-17(15-20)24-13-4-7-22(24)26/h3,5-6,8-11,15H,2,4,7,12-14,16H2,1H3,(H,23,25). The quantitative estimate of drug-likeness (QED) is 0.623. The highest BCUT2D eigenvalue weighted by Gasteiger charge is 2.21. The Morgan fingerprint density at radius 3 is 2.48 bits per heavy atom. The molecule has 0 unspecified atom stereocenters. The van der Waals surface area contributed by atoms with Gasteiger partial charge in [0, 0.05) is 24.7 Å². The zero-order chi connectivity index (χ0) is 20.5. The molecule has 0 bridgehead atoms. The Hall–Kier alpha value is -3.22. The minimum absolute atomic E-state index is 0.0968. The summed E-state index contributed by atoms with van der Waals surface area (Å²) in [5.41, 5.74) is 0.800. The van der Waals surface area contributed by atoms with Gasteiger partial charge >= 0.3 is 0 Å². The fourth-order valence-corrected chi connectivity index (χ4v) is 3.02. The van der Waals surface area contributed by atoms with E-state index in [1.807, 2.05) is 43.3 Å². The highest BCUT2D eigenvalue weighted by atomic mass is 16.5. The van der Waals surface area contributed by atoms with Gasteiger partial charge in [-0.15, -0.1) is 0 Å². The van der Waals surface area contributed by atoms with E-state index in [1.54, 1.807) is 17.0 Å². The highest BCUT2D eigenvalue weighted by Crippen LogP contribution is 2.25. The molecule has 2 amide bonds. The molecule has 0 radical (unpaired) electrons. The Balaban J connectivity index is 1.36. The van der Waals surface area contributed by atoms with Crippen LogP contribution in [0.3, 0.4) is 0 Å². The highest BCUT2D eigenvalue weighted by molar-refractivity contribution is 5.95. The van der Waals surface area contributed by atoms with E-state index < -0.39 is 0 Å². The first kappa shape index (κ1) is 20.5. The van der Waals surface area contributed by atoms with Crippen molar-refractivity contribution in [2.24, 2.45) is 0 Å². The van der Waals surface area contributed by atoms with Gasteiger partial charge < -0.3 is 24.4 Å². The van der Waals surface area contributed by atoms with Crippen LogP contribution in [-0.4, -0.2) is 44.7 Å². The van der Waals surface area contributed by atoms with Gasteiger partial charge in [-0.1, -0.05) is 6.07 Å². The van der Waals surface area contributed by atoms with E-state index in [4.69, 9.17) is 14.2 Å². The number of rotatable bonds is 10. The van der Waals surface area contributed by atoms with Gasteiger partial charge in [0.25, 0.3) is 5.91 Å². The van der Waals surface area contributed by atoms with Crippen molar-refractivity contribution in [1.82, 2.24) is 5.32 Å². The van der Waals surface area contributed by atoms with Crippen molar-refractivity contribution in [2.45, 2.75) is 19.8 Å². The van der Waals surface area contributed by atoms with Crippen molar-refractivity contribution in [3.05, 3.63) is 48.5 Å². The van der Waals surface area contributed by atoms with Gasteiger partial charge in [-0.3, -0.25) is 9.59 Å². The van der Waals surface area contributed by atoms with Gasteiger partial charge in [-0.25, -0.2) is 0 Å². The number of carbonyl (C=O) groups is 2. The number of nitrogens with one attached hydrogen (secondary N) is 1. The van der Waals surface area contributed by atoms with Crippen molar-refractivity contribution >= 4 is 17.5 Å². The topological polar surface area (TPSA) is 77.1 Å². The van der Waals surface area contributed by atoms with Gasteiger partial charge in [0.15, 0.2) is 6.61 Å². The van der Waals surface area contributed by atoms with Crippen LogP contribution in [0.1, 0.15) is 19.8 Å². The summed E-state index contributed by atoms with van der Waals surface area (Å²) in [6, 6.07) is 14.6. The second-order valence-corrected chi connectivity index (χ2v) is 6.54. The van der Waals surface area contributed by atoms with Crippen LogP contribution in [0.4, 0.5) is 5.69 Å². The monoisotopic (exact) mass is 398 g/mol. The Kier molecular flexibility index (Phi) is 7.33. The van der Waals surface area contributed by atoms with Crippen LogP contribution in [0.5, 0.6) is 17.2 Å². The molecule has 154 valence electrons. The van der Waals surface area contributed by atoms with Crippen LogP contribution < -0.4 is 24.4 Å². The third-order valence-electron chi connectivity index (χ3n) is 4.40. The minimum atomic E-state index is -0.233. The molecule has 2 aromatic carbocycles. The number of anilines is 1. The van der Waals surface area contributed by atoms with Gasteiger partial charge in [0.1, 0.15) is 23.9 Å².